The summed E-state index contributed by atoms with van der Waals surface area (Å²) in [7, 11) is 0. The topological polar surface area (TPSA) is 26.0 Å². The van der Waals surface area contributed by atoms with Crippen LogP contribution >= 0.6 is 11.3 Å². The maximum absolute atomic E-state index is 14.5. The number of halogens is 2. The van der Waals surface area contributed by atoms with Crippen LogP contribution in [0.1, 0.15) is 25.0 Å². The van der Waals surface area contributed by atoms with Crippen LogP contribution in [-0.4, -0.2) is 0 Å². The number of benzene rings is 2. The van der Waals surface area contributed by atoms with Gasteiger partial charge in [0.05, 0.1) is 0 Å². The van der Waals surface area contributed by atoms with Crippen LogP contribution in [-0.2, 0) is 12.8 Å². The zero-order valence-electron chi connectivity index (χ0n) is 16.0. The van der Waals surface area contributed by atoms with Crippen LogP contribution in [0.15, 0.2) is 71.8 Å². The molecule has 1 nitrogen and oxygen atoms in total. The average molecular weight is 396 g/mol. The molecule has 0 aliphatic heterocycles. The summed E-state index contributed by atoms with van der Waals surface area (Å²) in [5.41, 5.74) is 11.3. The van der Waals surface area contributed by atoms with Gasteiger partial charge in [-0.1, -0.05) is 43.3 Å². The van der Waals surface area contributed by atoms with Gasteiger partial charge in [-0.25, -0.2) is 8.78 Å². The Balaban J connectivity index is 2.19. The summed E-state index contributed by atoms with van der Waals surface area (Å²) < 4.78 is 27.9. The molecule has 28 heavy (non-hydrogen) atoms. The lowest BCUT2D eigenvalue weighted by Gasteiger charge is -2.11. The number of rotatable bonds is 6. The minimum absolute atomic E-state index is 0.405. The Bertz CT molecular complexity index is 1030. The van der Waals surface area contributed by atoms with E-state index >= 15 is 0 Å². The van der Waals surface area contributed by atoms with Crippen molar-refractivity contribution in [2.75, 3.05) is 0 Å². The van der Waals surface area contributed by atoms with Crippen molar-refractivity contribution in [2.45, 2.75) is 26.7 Å². The average Bonchev–Trinajstić information content (AvgIpc) is 3.11. The van der Waals surface area contributed by atoms with Crippen LogP contribution in [0, 0.1) is 11.6 Å². The zero-order valence-corrected chi connectivity index (χ0v) is 16.8. The SMILES string of the molecule is C/C=C\C(=C/N)Cc1c(-c2ccc(F)cc2F)csc1-c1cccc(CC)c1. The molecule has 0 atom stereocenters. The molecule has 0 amide bonds. The molecule has 3 rings (SSSR count). The molecule has 4 heteroatoms. The van der Waals surface area contributed by atoms with Gasteiger partial charge in [0.2, 0.25) is 0 Å². The van der Waals surface area contributed by atoms with E-state index in [0.717, 1.165) is 39.6 Å². The fourth-order valence-electron chi connectivity index (χ4n) is 3.26. The van der Waals surface area contributed by atoms with Crippen LogP contribution in [0.25, 0.3) is 21.6 Å². The lowest BCUT2D eigenvalue weighted by atomic mass is 9.94. The van der Waals surface area contributed by atoms with Gasteiger partial charge in [-0.05, 0) is 64.9 Å². The van der Waals surface area contributed by atoms with Gasteiger partial charge in [-0.15, -0.1) is 11.3 Å². The molecule has 1 aromatic heterocycles. The molecule has 2 aromatic carbocycles. The maximum Gasteiger partial charge on any atom is 0.133 e. The second-order valence-electron chi connectivity index (χ2n) is 6.55. The van der Waals surface area contributed by atoms with Gasteiger partial charge in [-0.2, -0.15) is 0 Å². The highest BCUT2D eigenvalue weighted by molar-refractivity contribution is 7.14. The minimum atomic E-state index is -0.578. The van der Waals surface area contributed by atoms with Crippen molar-refractivity contribution in [3.63, 3.8) is 0 Å². The van der Waals surface area contributed by atoms with Gasteiger partial charge in [-0.3, -0.25) is 0 Å². The van der Waals surface area contributed by atoms with E-state index in [2.05, 4.69) is 25.1 Å². The van der Waals surface area contributed by atoms with Crippen LogP contribution in [0.3, 0.4) is 0 Å². The largest absolute Gasteiger partial charge is 0.404 e. The van der Waals surface area contributed by atoms with Crippen molar-refractivity contribution in [3.05, 3.63) is 94.5 Å². The number of hydrogen-bond acceptors (Lipinski definition) is 2. The van der Waals surface area contributed by atoms with Crippen molar-refractivity contribution in [1.82, 2.24) is 0 Å². The third-order valence-corrected chi connectivity index (χ3v) is 5.76. The third kappa shape index (κ3) is 4.23. The summed E-state index contributed by atoms with van der Waals surface area (Å²) in [5, 5.41) is 1.95. The van der Waals surface area contributed by atoms with E-state index in [-0.39, 0.29) is 0 Å². The number of nitrogens with two attached hydrogens (primary N) is 1. The van der Waals surface area contributed by atoms with E-state index in [0.29, 0.717) is 12.0 Å². The molecule has 2 N–H and O–H groups in total. The second kappa shape index (κ2) is 8.98. The molecular weight excluding hydrogens is 372 g/mol. The van der Waals surface area contributed by atoms with Crippen molar-refractivity contribution in [1.29, 1.82) is 0 Å². The smallest absolute Gasteiger partial charge is 0.133 e. The summed E-state index contributed by atoms with van der Waals surface area (Å²) in [4.78, 5) is 1.08. The molecule has 0 unspecified atom stereocenters. The lowest BCUT2D eigenvalue weighted by molar-refractivity contribution is 0.585. The van der Waals surface area contributed by atoms with E-state index in [1.54, 1.807) is 17.5 Å². The third-order valence-electron chi connectivity index (χ3n) is 4.69. The predicted octanol–water partition coefficient (Wildman–Crippen LogP) is 6.88. The Morgan fingerprint density at radius 3 is 2.61 bits per heavy atom. The fourth-order valence-corrected chi connectivity index (χ4v) is 4.35. The maximum atomic E-state index is 14.5. The van der Waals surface area contributed by atoms with Crippen LogP contribution < -0.4 is 5.73 Å². The second-order valence-corrected chi connectivity index (χ2v) is 7.43. The highest BCUT2D eigenvalue weighted by Gasteiger charge is 2.18. The molecule has 0 aliphatic rings. The van der Waals surface area contributed by atoms with Crippen molar-refractivity contribution < 1.29 is 8.78 Å². The van der Waals surface area contributed by atoms with Gasteiger partial charge in [0.25, 0.3) is 0 Å². The molecular formula is C24H23F2NS. The Hall–Kier alpha value is -2.72. The van der Waals surface area contributed by atoms with Gasteiger partial charge in [0.15, 0.2) is 0 Å². The first-order valence-electron chi connectivity index (χ1n) is 9.26. The lowest BCUT2D eigenvalue weighted by Crippen LogP contribution is -1.96. The molecule has 0 fully saturated rings. The molecule has 0 saturated carbocycles. The van der Waals surface area contributed by atoms with Gasteiger partial charge in [0, 0.05) is 22.9 Å². The van der Waals surface area contributed by atoms with E-state index < -0.39 is 11.6 Å². The highest BCUT2D eigenvalue weighted by atomic mass is 32.1. The number of aryl methyl sites for hydroxylation is 1. The van der Waals surface area contributed by atoms with Crippen LogP contribution in [0.4, 0.5) is 8.78 Å². The summed E-state index contributed by atoms with van der Waals surface area (Å²) in [5.74, 6) is -1.14. The van der Waals surface area contributed by atoms with Crippen molar-refractivity contribution in [3.8, 4) is 21.6 Å². The van der Waals surface area contributed by atoms with E-state index in [9.17, 15) is 8.78 Å². The van der Waals surface area contributed by atoms with Gasteiger partial charge in [0.1, 0.15) is 11.6 Å². The van der Waals surface area contributed by atoms with E-state index in [4.69, 9.17) is 5.73 Å². The van der Waals surface area contributed by atoms with E-state index in [1.165, 1.54) is 17.7 Å². The monoisotopic (exact) mass is 395 g/mol. The van der Waals surface area contributed by atoms with Gasteiger partial charge < -0.3 is 5.73 Å². The Morgan fingerprint density at radius 1 is 1.11 bits per heavy atom. The van der Waals surface area contributed by atoms with E-state index in [1.807, 2.05) is 30.5 Å². The molecule has 1 heterocycles. The highest BCUT2D eigenvalue weighted by Crippen LogP contribution is 2.40. The van der Waals surface area contributed by atoms with Crippen LogP contribution in [0.2, 0.25) is 0 Å². The summed E-state index contributed by atoms with van der Waals surface area (Å²) >= 11 is 1.57. The quantitative estimate of drug-likeness (QED) is 0.452. The fraction of sp³-hybridized carbons (Fsp3) is 0.167. The minimum Gasteiger partial charge on any atom is -0.404 e. The molecule has 0 bridgehead atoms. The summed E-state index contributed by atoms with van der Waals surface area (Å²) in [6.45, 7) is 4.05. The predicted molar refractivity (Wildman–Crippen MR) is 115 cm³/mol. The molecule has 0 aliphatic carbocycles. The first-order chi connectivity index (χ1) is 13.6. The standard InChI is InChI=1S/C24H23F2NS/c1-3-6-17(14-27)12-21-22(20-10-9-19(25)13-23(20)26)15-28-24(21)18-8-5-7-16(4-2)11-18/h3,5-11,13-15H,4,12,27H2,1-2H3/b6-3-,17-14+. The Morgan fingerprint density at radius 2 is 1.93 bits per heavy atom. The first-order valence-corrected chi connectivity index (χ1v) is 10.1. The molecule has 0 radical (unpaired) electrons. The first kappa shape index (κ1) is 20.0. The zero-order chi connectivity index (χ0) is 20.1. The van der Waals surface area contributed by atoms with Crippen molar-refractivity contribution >= 4 is 11.3 Å². The summed E-state index contributed by atoms with van der Waals surface area (Å²) in [6.07, 6.45) is 6.98. The molecule has 0 spiro atoms. The molecule has 0 saturated heterocycles. The Labute approximate surface area is 168 Å². The molecule has 144 valence electrons. The number of hydrogen-bond donors (Lipinski definition) is 1. The summed E-state index contributed by atoms with van der Waals surface area (Å²) in [6, 6.07) is 12.1. The number of allylic oxidation sites excluding steroid dienone is 3. The molecule has 3 aromatic rings. The number of thiophene rings is 1. The van der Waals surface area contributed by atoms with Gasteiger partial charge >= 0.3 is 0 Å². The normalized spacial score (nSPS) is 12.1. The Kier molecular flexibility index (Phi) is 6.42. The van der Waals surface area contributed by atoms with Crippen molar-refractivity contribution in [2.24, 2.45) is 5.73 Å². The van der Waals surface area contributed by atoms with Crippen LogP contribution in [0.5, 0.6) is 0 Å².